The van der Waals surface area contributed by atoms with Gasteiger partial charge in [0, 0.05) is 27.2 Å². The number of hydrogen-bond acceptors (Lipinski definition) is 2. The van der Waals surface area contributed by atoms with Gasteiger partial charge in [0.2, 0.25) is 0 Å². The van der Waals surface area contributed by atoms with E-state index in [0.29, 0.717) is 5.56 Å². The summed E-state index contributed by atoms with van der Waals surface area (Å²) in [7, 11) is 0. The van der Waals surface area contributed by atoms with E-state index < -0.39 is 0 Å². The monoisotopic (exact) mass is 338 g/mol. The average molecular weight is 338 g/mol. The number of rotatable bonds is 2. The smallest absolute Gasteiger partial charge is 0.255 e. The highest BCUT2D eigenvalue weighted by Crippen LogP contribution is 2.14. The Hall–Kier alpha value is -1.43. The third-order valence-electron chi connectivity index (χ3n) is 2.37. The minimum atomic E-state index is -0.101. The number of pyridine rings is 1. The molecule has 1 aromatic carbocycles. The Labute approximate surface area is 113 Å². The summed E-state index contributed by atoms with van der Waals surface area (Å²) in [6, 6.07) is 9.24. The molecular formula is C13H11IN2O. The van der Waals surface area contributed by atoms with Crippen molar-refractivity contribution >= 4 is 34.2 Å². The second-order valence-electron chi connectivity index (χ2n) is 3.65. The number of halogens is 1. The van der Waals surface area contributed by atoms with Crippen LogP contribution in [0, 0.1) is 10.5 Å². The highest BCUT2D eigenvalue weighted by atomic mass is 127. The lowest BCUT2D eigenvalue weighted by molar-refractivity contribution is 0.102. The Balaban J connectivity index is 2.17. The first-order chi connectivity index (χ1) is 8.16. The molecule has 17 heavy (non-hydrogen) atoms. The van der Waals surface area contributed by atoms with Crippen LogP contribution < -0.4 is 5.32 Å². The molecule has 2 rings (SSSR count). The highest BCUT2D eigenvalue weighted by molar-refractivity contribution is 14.1. The molecule has 86 valence electrons. The number of anilines is 1. The number of aryl methyl sites for hydroxylation is 1. The Morgan fingerprint density at radius 2 is 1.94 bits per heavy atom. The molecule has 2 aromatic rings. The molecular weight excluding hydrogens is 327 g/mol. The van der Waals surface area contributed by atoms with Crippen LogP contribution in [-0.2, 0) is 0 Å². The maximum Gasteiger partial charge on any atom is 0.255 e. The topological polar surface area (TPSA) is 42.0 Å². The molecule has 1 aromatic heterocycles. The van der Waals surface area contributed by atoms with E-state index in [9.17, 15) is 4.79 Å². The summed E-state index contributed by atoms with van der Waals surface area (Å²) in [4.78, 5) is 15.9. The van der Waals surface area contributed by atoms with Crippen LogP contribution in [0.25, 0.3) is 0 Å². The SMILES string of the molecule is Cc1cnccc1NC(=O)c1ccc(I)cc1. The molecule has 0 spiro atoms. The van der Waals surface area contributed by atoms with Crippen LogP contribution >= 0.6 is 22.6 Å². The molecule has 4 heteroatoms. The van der Waals surface area contributed by atoms with Gasteiger partial charge in [0.25, 0.3) is 5.91 Å². The van der Waals surface area contributed by atoms with E-state index in [2.05, 4.69) is 32.9 Å². The lowest BCUT2D eigenvalue weighted by Crippen LogP contribution is -2.12. The van der Waals surface area contributed by atoms with E-state index in [1.165, 1.54) is 0 Å². The molecule has 0 aliphatic rings. The average Bonchev–Trinajstić information content (AvgIpc) is 2.33. The van der Waals surface area contributed by atoms with Crippen molar-refractivity contribution in [3.05, 3.63) is 57.4 Å². The van der Waals surface area contributed by atoms with Crippen LogP contribution in [0.5, 0.6) is 0 Å². The number of carbonyl (C=O) groups excluding carboxylic acids is 1. The number of nitrogens with zero attached hydrogens (tertiary/aromatic N) is 1. The molecule has 1 amide bonds. The molecule has 0 saturated carbocycles. The third-order valence-corrected chi connectivity index (χ3v) is 3.09. The Kier molecular flexibility index (Phi) is 3.73. The maximum absolute atomic E-state index is 11.9. The van der Waals surface area contributed by atoms with Crippen molar-refractivity contribution in [1.29, 1.82) is 0 Å². The quantitative estimate of drug-likeness (QED) is 0.854. The molecule has 0 unspecified atom stereocenters. The summed E-state index contributed by atoms with van der Waals surface area (Å²) in [6.07, 6.45) is 3.39. The van der Waals surface area contributed by atoms with E-state index in [0.717, 1.165) is 14.8 Å². The van der Waals surface area contributed by atoms with Crippen LogP contribution in [0.3, 0.4) is 0 Å². The van der Waals surface area contributed by atoms with E-state index in [1.54, 1.807) is 18.5 Å². The molecule has 3 nitrogen and oxygen atoms in total. The van der Waals surface area contributed by atoms with Crippen molar-refractivity contribution in [3.8, 4) is 0 Å². The van der Waals surface area contributed by atoms with Crippen LogP contribution in [0.2, 0.25) is 0 Å². The fourth-order valence-electron chi connectivity index (χ4n) is 1.41. The molecule has 0 bridgehead atoms. The number of amides is 1. The molecule has 0 radical (unpaired) electrons. The van der Waals surface area contributed by atoms with Gasteiger partial charge in [0.1, 0.15) is 0 Å². The van der Waals surface area contributed by atoms with Crippen LogP contribution in [-0.4, -0.2) is 10.9 Å². The summed E-state index contributed by atoms with van der Waals surface area (Å²) >= 11 is 2.21. The van der Waals surface area contributed by atoms with Crippen molar-refractivity contribution in [2.45, 2.75) is 6.92 Å². The minimum absolute atomic E-state index is 0.101. The highest BCUT2D eigenvalue weighted by Gasteiger charge is 2.06. The summed E-state index contributed by atoms with van der Waals surface area (Å²) in [6.45, 7) is 1.91. The second kappa shape index (κ2) is 5.27. The van der Waals surface area contributed by atoms with Gasteiger partial charge in [-0.2, -0.15) is 0 Å². The summed E-state index contributed by atoms with van der Waals surface area (Å²) < 4.78 is 1.11. The number of benzene rings is 1. The number of carbonyl (C=O) groups is 1. The van der Waals surface area contributed by atoms with Crippen LogP contribution in [0.4, 0.5) is 5.69 Å². The lowest BCUT2D eigenvalue weighted by atomic mass is 10.2. The Bertz CT molecular complexity index is 537. The Morgan fingerprint density at radius 1 is 1.24 bits per heavy atom. The number of hydrogen-bond donors (Lipinski definition) is 1. The molecule has 0 atom stereocenters. The third kappa shape index (κ3) is 3.03. The fourth-order valence-corrected chi connectivity index (χ4v) is 1.77. The standard InChI is InChI=1S/C13H11IN2O/c1-9-8-15-7-6-12(9)16-13(17)10-2-4-11(14)5-3-10/h2-8H,1H3,(H,15,16,17). The van der Waals surface area contributed by atoms with E-state index in [-0.39, 0.29) is 5.91 Å². The van der Waals surface area contributed by atoms with E-state index in [4.69, 9.17) is 0 Å². The second-order valence-corrected chi connectivity index (χ2v) is 4.90. The molecule has 0 aliphatic heterocycles. The van der Waals surface area contributed by atoms with Gasteiger partial charge >= 0.3 is 0 Å². The number of nitrogens with one attached hydrogen (secondary N) is 1. The van der Waals surface area contributed by atoms with Gasteiger partial charge in [-0.3, -0.25) is 9.78 Å². The van der Waals surface area contributed by atoms with Gasteiger partial charge in [-0.25, -0.2) is 0 Å². The normalized spacial score (nSPS) is 10.0. The molecule has 0 fully saturated rings. The minimum Gasteiger partial charge on any atom is -0.322 e. The van der Waals surface area contributed by atoms with Crippen molar-refractivity contribution in [2.75, 3.05) is 5.32 Å². The summed E-state index contributed by atoms with van der Waals surface area (Å²) in [5.41, 5.74) is 2.40. The van der Waals surface area contributed by atoms with Gasteiger partial charge in [-0.05, 0) is 65.4 Å². The summed E-state index contributed by atoms with van der Waals surface area (Å²) in [5, 5.41) is 2.86. The maximum atomic E-state index is 11.9. The lowest BCUT2D eigenvalue weighted by Gasteiger charge is -2.07. The molecule has 1 N–H and O–H groups in total. The van der Waals surface area contributed by atoms with Gasteiger partial charge in [0.15, 0.2) is 0 Å². The molecule has 0 saturated heterocycles. The Morgan fingerprint density at radius 3 is 2.59 bits per heavy atom. The first-order valence-electron chi connectivity index (χ1n) is 5.14. The zero-order chi connectivity index (χ0) is 12.3. The van der Waals surface area contributed by atoms with Crippen LogP contribution in [0.15, 0.2) is 42.7 Å². The summed E-state index contributed by atoms with van der Waals surface area (Å²) in [5.74, 6) is -0.101. The largest absolute Gasteiger partial charge is 0.322 e. The molecule has 1 heterocycles. The zero-order valence-electron chi connectivity index (χ0n) is 9.27. The van der Waals surface area contributed by atoms with Crippen molar-refractivity contribution in [1.82, 2.24) is 4.98 Å². The number of aromatic nitrogens is 1. The van der Waals surface area contributed by atoms with E-state index >= 15 is 0 Å². The van der Waals surface area contributed by atoms with Crippen molar-refractivity contribution in [3.63, 3.8) is 0 Å². The molecule has 0 aliphatic carbocycles. The first kappa shape index (κ1) is 12.0. The predicted molar refractivity (Wildman–Crippen MR) is 76.1 cm³/mol. The first-order valence-corrected chi connectivity index (χ1v) is 6.22. The van der Waals surface area contributed by atoms with Gasteiger partial charge in [-0.15, -0.1) is 0 Å². The van der Waals surface area contributed by atoms with Crippen molar-refractivity contribution < 1.29 is 4.79 Å². The van der Waals surface area contributed by atoms with Gasteiger partial charge in [-0.1, -0.05) is 0 Å². The van der Waals surface area contributed by atoms with Crippen molar-refractivity contribution in [2.24, 2.45) is 0 Å². The zero-order valence-corrected chi connectivity index (χ0v) is 11.4. The van der Waals surface area contributed by atoms with Crippen LogP contribution in [0.1, 0.15) is 15.9 Å². The predicted octanol–water partition coefficient (Wildman–Crippen LogP) is 3.25. The van der Waals surface area contributed by atoms with Gasteiger partial charge < -0.3 is 5.32 Å². The fraction of sp³-hybridized carbons (Fsp3) is 0.0769. The van der Waals surface area contributed by atoms with E-state index in [1.807, 2.05) is 31.2 Å². The van der Waals surface area contributed by atoms with Gasteiger partial charge in [0.05, 0.1) is 0 Å².